The minimum Gasteiger partial charge on any atom is -0.369 e. The molecule has 0 spiro atoms. The van der Waals surface area contributed by atoms with Crippen LogP contribution in [0.2, 0.25) is 10.0 Å². The molecule has 0 fully saturated rings. The lowest BCUT2D eigenvalue weighted by atomic mass is 9.78. The fraction of sp³-hybridized carbons (Fsp3) is 0.167. The van der Waals surface area contributed by atoms with Gasteiger partial charge in [0.05, 0.1) is 16.5 Å². The van der Waals surface area contributed by atoms with E-state index < -0.39 is 0 Å². The summed E-state index contributed by atoms with van der Waals surface area (Å²) in [5, 5.41) is 1.11. The highest BCUT2D eigenvalue weighted by molar-refractivity contribution is 6.42. The summed E-state index contributed by atoms with van der Waals surface area (Å²) in [5.74, 6) is -0.100. The Balaban J connectivity index is 2.04. The lowest BCUT2D eigenvalue weighted by Gasteiger charge is -2.26. The van der Waals surface area contributed by atoms with Gasteiger partial charge in [-0.25, -0.2) is 0 Å². The second kappa shape index (κ2) is 6.15. The van der Waals surface area contributed by atoms with E-state index in [2.05, 4.69) is 12.1 Å². The number of halogens is 2. The van der Waals surface area contributed by atoms with Crippen LogP contribution in [0.25, 0.3) is 5.57 Å². The lowest BCUT2D eigenvalue weighted by molar-refractivity contribution is -0.117. The van der Waals surface area contributed by atoms with Gasteiger partial charge in [-0.3, -0.25) is 4.79 Å². The van der Waals surface area contributed by atoms with Crippen molar-refractivity contribution < 1.29 is 4.79 Å². The Labute approximate surface area is 139 Å². The van der Waals surface area contributed by atoms with Crippen LogP contribution in [0, 0.1) is 0 Å². The Morgan fingerprint density at radius 3 is 2.64 bits per heavy atom. The van der Waals surface area contributed by atoms with Crippen molar-refractivity contribution in [3.05, 3.63) is 75.3 Å². The first-order chi connectivity index (χ1) is 10.6. The van der Waals surface area contributed by atoms with Crippen molar-refractivity contribution in [2.75, 3.05) is 0 Å². The zero-order valence-electron chi connectivity index (χ0n) is 11.9. The molecule has 3 rings (SSSR count). The van der Waals surface area contributed by atoms with E-state index in [1.165, 1.54) is 5.56 Å². The predicted molar refractivity (Wildman–Crippen MR) is 91.2 cm³/mol. The molecular weight excluding hydrogens is 317 g/mol. The van der Waals surface area contributed by atoms with Gasteiger partial charge in [-0.05, 0) is 40.8 Å². The number of fused-ring (bicyclic) bond motifs is 1. The summed E-state index contributed by atoms with van der Waals surface area (Å²) < 4.78 is 0. The molecule has 1 aliphatic rings. The lowest BCUT2D eigenvalue weighted by Crippen LogP contribution is -2.14. The zero-order chi connectivity index (χ0) is 15.7. The van der Waals surface area contributed by atoms with E-state index in [-0.39, 0.29) is 18.2 Å². The van der Waals surface area contributed by atoms with E-state index in [9.17, 15) is 4.79 Å². The molecule has 1 aliphatic carbocycles. The summed E-state index contributed by atoms with van der Waals surface area (Å²) in [5.41, 5.74) is 9.75. The number of allylic oxidation sites excluding steroid dienone is 1. The maximum atomic E-state index is 11.3. The zero-order valence-corrected chi connectivity index (χ0v) is 13.4. The largest absolute Gasteiger partial charge is 0.369 e. The van der Waals surface area contributed by atoms with Gasteiger partial charge in [0.1, 0.15) is 0 Å². The second-order valence-corrected chi connectivity index (χ2v) is 6.24. The number of carbonyl (C=O) groups is 1. The van der Waals surface area contributed by atoms with Gasteiger partial charge in [-0.2, -0.15) is 0 Å². The summed E-state index contributed by atoms with van der Waals surface area (Å²) in [6.45, 7) is 0. The Kier molecular flexibility index (Phi) is 4.23. The van der Waals surface area contributed by atoms with Crippen molar-refractivity contribution in [2.45, 2.75) is 18.8 Å². The van der Waals surface area contributed by atoms with E-state index in [0.29, 0.717) is 10.0 Å². The van der Waals surface area contributed by atoms with Gasteiger partial charge in [0.2, 0.25) is 5.91 Å². The van der Waals surface area contributed by atoms with Crippen LogP contribution in [-0.4, -0.2) is 5.91 Å². The fourth-order valence-electron chi connectivity index (χ4n) is 2.99. The molecule has 1 atom stereocenters. The predicted octanol–water partition coefficient (Wildman–Crippen LogP) is 4.79. The second-order valence-electron chi connectivity index (χ2n) is 5.42. The van der Waals surface area contributed by atoms with Crippen molar-refractivity contribution in [1.82, 2.24) is 0 Å². The van der Waals surface area contributed by atoms with Crippen LogP contribution < -0.4 is 5.73 Å². The summed E-state index contributed by atoms with van der Waals surface area (Å²) in [4.78, 5) is 11.3. The van der Waals surface area contributed by atoms with Gasteiger partial charge in [-0.15, -0.1) is 0 Å². The molecule has 2 aromatic carbocycles. The van der Waals surface area contributed by atoms with Crippen molar-refractivity contribution in [3.63, 3.8) is 0 Å². The Morgan fingerprint density at radius 1 is 1.14 bits per heavy atom. The Hall–Kier alpha value is -1.77. The summed E-state index contributed by atoms with van der Waals surface area (Å²) in [6, 6.07) is 13.9. The van der Waals surface area contributed by atoms with Gasteiger partial charge in [-0.1, -0.05) is 59.6 Å². The van der Waals surface area contributed by atoms with Gasteiger partial charge in [0.25, 0.3) is 0 Å². The average Bonchev–Trinajstić information content (AvgIpc) is 2.50. The van der Waals surface area contributed by atoms with Crippen LogP contribution >= 0.6 is 23.2 Å². The highest BCUT2D eigenvalue weighted by atomic mass is 35.5. The first-order valence-electron chi connectivity index (χ1n) is 7.08. The van der Waals surface area contributed by atoms with Gasteiger partial charge >= 0.3 is 0 Å². The number of primary amides is 1. The number of carbonyl (C=O) groups excluding carboxylic acids is 1. The van der Waals surface area contributed by atoms with E-state index in [0.717, 1.165) is 23.1 Å². The van der Waals surface area contributed by atoms with E-state index in [1.807, 2.05) is 36.4 Å². The Morgan fingerprint density at radius 2 is 1.91 bits per heavy atom. The van der Waals surface area contributed by atoms with Gasteiger partial charge < -0.3 is 5.73 Å². The minimum atomic E-state index is -0.311. The number of benzene rings is 2. The third-order valence-electron chi connectivity index (χ3n) is 3.99. The molecule has 1 amide bonds. The van der Waals surface area contributed by atoms with Crippen LogP contribution in [0.4, 0.5) is 0 Å². The van der Waals surface area contributed by atoms with Crippen molar-refractivity contribution in [2.24, 2.45) is 5.73 Å². The molecule has 0 saturated carbocycles. The molecule has 0 radical (unpaired) electrons. The molecule has 0 aromatic heterocycles. The molecule has 0 bridgehead atoms. The summed E-state index contributed by atoms with van der Waals surface area (Å²) in [6.07, 6.45) is 3.18. The van der Waals surface area contributed by atoms with E-state index in [4.69, 9.17) is 28.9 Å². The minimum absolute atomic E-state index is 0.211. The quantitative estimate of drug-likeness (QED) is 0.863. The highest BCUT2D eigenvalue weighted by Crippen LogP contribution is 2.40. The SMILES string of the molecule is NC(=O)CC1=CC[C@@H](c2ccc(Cl)c(Cl)c2)c2ccccc21. The number of rotatable bonds is 3. The van der Waals surface area contributed by atoms with Crippen LogP contribution in [0.5, 0.6) is 0 Å². The number of hydrogen-bond donors (Lipinski definition) is 1. The first-order valence-corrected chi connectivity index (χ1v) is 7.83. The number of hydrogen-bond acceptors (Lipinski definition) is 1. The van der Waals surface area contributed by atoms with Crippen LogP contribution in [0.15, 0.2) is 48.5 Å². The van der Waals surface area contributed by atoms with Gasteiger partial charge in [0.15, 0.2) is 0 Å². The molecule has 0 saturated heterocycles. The normalized spacial score (nSPS) is 16.8. The number of nitrogens with two attached hydrogens (primary N) is 1. The Bertz CT molecular complexity index is 767. The van der Waals surface area contributed by atoms with Crippen LogP contribution in [-0.2, 0) is 4.79 Å². The monoisotopic (exact) mass is 331 g/mol. The number of amides is 1. The standard InChI is InChI=1S/C18H15Cl2NO/c19-16-8-6-11(9-17(16)20)14-7-5-12(10-18(21)22)13-3-1-2-4-15(13)14/h1-6,8-9,14H,7,10H2,(H2,21,22)/t14-/m0/s1. The molecule has 2 aromatic rings. The van der Waals surface area contributed by atoms with Crippen LogP contribution in [0.1, 0.15) is 35.4 Å². The van der Waals surface area contributed by atoms with Gasteiger partial charge in [0, 0.05) is 5.92 Å². The maximum Gasteiger partial charge on any atom is 0.221 e. The molecule has 0 heterocycles. The molecular formula is C18H15Cl2NO. The van der Waals surface area contributed by atoms with Crippen LogP contribution in [0.3, 0.4) is 0 Å². The topological polar surface area (TPSA) is 43.1 Å². The maximum absolute atomic E-state index is 11.3. The third kappa shape index (κ3) is 2.90. The molecule has 22 heavy (non-hydrogen) atoms. The third-order valence-corrected chi connectivity index (χ3v) is 4.73. The molecule has 0 unspecified atom stereocenters. The molecule has 2 nitrogen and oxygen atoms in total. The van der Waals surface area contributed by atoms with E-state index in [1.54, 1.807) is 0 Å². The molecule has 0 aliphatic heterocycles. The summed E-state index contributed by atoms with van der Waals surface area (Å²) in [7, 11) is 0. The highest BCUT2D eigenvalue weighted by Gasteiger charge is 2.23. The molecule has 112 valence electrons. The van der Waals surface area contributed by atoms with Crippen molar-refractivity contribution in [1.29, 1.82) is 0 Å². The summed E-state index contributed by atoms with van der Waals surface area (Å²) >= 11 is 12.2. The van der Waals surface area contributed by atoms with Crippen molar-refractivity contribution in [3.8, 4) is 0 Å². The smallest absolute Gasteiger partial charge is 0.221 e. The molecule has 2 N–H and O–H groups in total. The molecule has 4 heteroatoms. The van der Waals surface area contributed by atoms with E-state index >= 15 is 0 Å². The van der Waals surface area contributed by atoms with Crippen molar-refractivity contribution >= 4 is 34.7 Å². The first kappa shape index (κ1) is 15.1. The fourth-order valence-corrected chi connectivity index (χ4v) is 3.30. The average molecular weight is 332 g/mol.